The van der Waals surface area contributed by atoms with E-state index in [4.69, 9.17) is 0 Å². The van der Waals surface area contributed by atoms with E-state index in [0.717, 1.165) is 38.0 Å². The first kappa shape index (κ1) is 23.7. The van der Waals surface area contributed by atoms with Gasteiger partial charge in [0.2, 0.25) is 5.91 Å². The zero-order valence-corrected chi connectivity index (χ0v) is 20.0. The summed E-state index contributed by atoms with van der Waals surface area (Å²) in [7, 11) is 1.88. The summed E-state index contributed by atoms with van der Waals surface area (Å²) in [4.78, 5) is 34.1. The van der Waals surface area contributed by atoms with E-state index in [1.165, 1.54) is 5.56 Å². The number of likely N-dealkylation sites (N-methyl/N-ethyl adjacent to an activating group) is 1. The Morgan fingerprint density at radius 3 is 2.44 bits per heavy atom. The summed E-state index contributed by atoms with van der Waals surface area (Å²) < 4.78 is 1.83. The van der Waals surface area contributed by atoms with E-state index in [1.807, 2.05) is 71.0 Å². The number of carbonyl (C=O) groups is 2. The lowest BCUT2D eigenvalue weighted by Gasteiger charge is -2.40. The average Bonchev–Trinajstić information content (AvgIpc) is 3.31. The molecule has 1 aromatic carbocycles. The molecule has 0 unspecified atom stereocenters. The number of rotatable bonds is 8. The number of aryl methyl sites for hydroxylation is 2. The Kier molecular flexibility index (Phi) is 7.72. The maximum atomic E-state index is 13.2. The fraction of sp³-hybridized carbons (Fsp3) is 0.407. The van der Waals surface area contributed by atoms with Crippen molar-refractivity contribution in [2.45, 2.75) is 45.2 Å². The Balaban J connectivity index is 1.40. The third kappa shape index (κ3) is 5.90. The number of nitrogens with zero attached hydrogens (tertiary/aromatic N) is 5. The van der Waals surface area contributed by atoms with Gasteiger partial charge in [-0.05, 0) is 55.9 Å². The van der Waals surface area contributed by atoms with Crippen molar-refractivity contribution in [3.05, 3.63) is 83.9 Å². The predicted molar refractivity (Wildman–Crippen MR) is 131 cm³/mol. The highest BCUT2D eigenvalue weighted by Crippen LogP contribution is 2.27. The van der Waals surface area contributed by atoms with E-state index in [2.05, 4.69) is 22.2 Å². The highest BCUT2D eigenvalue weighted by Gasteiger charge is 2.33. The van der Waals surface area contributed by atoms with Gasteiger partial charge >= 0.3 is 0 Å². The van der Waals surface area contributed by atoms with Crippen LogP contribution in [0, 0.1) is 12.8 Å². The van der Waals surface area contributed by atoms with Crippen LogP contribution < -0.4 is 0 Å². The molecule has 0 bridgehead atoms. The monoisotopic (exact) mass is 459 g/mol. The van der Waals surface area contributed by atoms with Gasteiger partial charge in [-0.3, -0.25) is 19.3 Å². The van der Waals surface area contributed by atoms with E-state index in [1.54, 1.807) is 12.3 Å². The number of carbonyl (C=O) groups excluding carboxylic acids is 2. The van der Waals surface area contributed by atoms with Crippen LogP contribution in [0.5, 0.6) is 0 Å². The molecule has 178 valence electrons. The molecule has 7 nitrogen and oxygen atoms in total. The van der Waals surface area contributed by atoms with Crippen LogP contribution in [-0.2, 0) is 17.8 Å². The summed E-state index contributed by atoms with van der Waals surface area (Å²) in [6.45, 7) is 3.99. The van der Waals surface area contributed by atoms with E-state index in [9.17, 15) is 9.59 Å². The topological polar surface area (TPSA) is 71.3 Å². The number of pyridine rings is 1. The molecule has 1 aliphatic heterocycles. The van der Waals surface area contributed by atoms with Crippen molar-refractivity contribution >= 4 is 11.8 Å². The zero-order valence-electron chi connectivity index (χ0n) is 20.0. The molecule has 1 aliphatic rings. The first-order chi connectivity index (χ1) is 16.5. The van der Waals surface area contributed by atoms with Gasteiger partial charge in [-0.15, -0.1) is 0 Å². The highest BCUT2D eigenvalue weighted by molar-refractivity contribution is 5.92. The normalized spacial score (nSPS) is 15.2. The molecule has 1 saturated heterocycles. The lowest BCUT2D eigenvalue weighted by atomic mass is 9.84. The number of hydrogen-bond acceptors (Lipinski definition) is 4. The highest BCUT2D eigenvalue weighted by atomic mass is 16.2. The number of piperidine rings is 1. The van der Waals surface area contributed by atoms with Crippen LogP contribution in [0.2, 0.25) is 0 Å². The largest absolute Gasteiger partial charge is 0.343 e. The second-order valence-corrected chi connectivity index (χ2v) is 9.08. The fourth-order valence-electron chi connectivity index (χ4n) is 4.79. The summed E-state index contributed by atoms with van der Waals surface area (Å²) in [5.41, 5.74) is 2.63. The van der Waals surface area contributed by atoms with Gasteiger partial charge in [0.25, 0.3) is 5.91 Å². The standard InChI is InChI=1S/C27H33N5O2/c1-21-11-18-32(29-21)19-14-26(33)31-16-12-23(13-17-31)25(20-22-8-4-3-5-9-22)30(2)27(34)24-10-6-7-15-28-24/h3-11,15,18,23,25H,12-14,16-17,19-20H2,1-2H3/t25-/m0/s1. The van der Waals surface area contributed by atoms with Gasteiger partial charge in [0.05, 0.1) is 5.69 Å². The third-order valence-electron chi connectivity index (χ3n) is 6.75. The Bertz CT molecular complexity index is 1070. The Labute approximate surface area is 201 Å². The minimum absolute atomic E-state index is 0.0428. The molecule has 7 heteroatoms. The molecule has 0 radical (unpaired) electrons. The van der Waals surface area contributed by atoms with Crippen LogP contribution in [0.1, 0.15) is 41.0 Å². The van der Waals surface area contributed by atoms with E-state index in [-0.39, 0.29) is 17.9 Å². The van der Waals surface area contributed by atoms with Crippen LogP contribution in [-0.4, -0.2) is 62.6 Å². The van der Waals surface area contributed by atoms with E-state index >= 15 is 0 Å². The van der Waals surface area contributed by atoms with Crippen molar-refractivity contribution in [2.75, 3.05) is 20.1 Å². The SMILES string of the molecule is Cc1ccn(CCC(=O)N2CCC([C@H](Cc3ccccc3)N(C)C(=O)c3ccccn3)CC2)n1. The summed E-state index contributed by atoms with van der Waals surface area (Å²) in [6, 6.07) is 17.7. The first-order valence-corrected chi connectivity index (χ1v) is 12.0. The third-order valence-corrected chi connectivity index (χ3v) is 6.75. The van der Waals surface area contributed by atoms with Gasteiger partial charge in [-0.2, -0.15) is 5.10 Å². The molecule has 2 aromatic heterocycles. The quantitative estimate of drug-likeness (QED) is 0.516. The fourth-order valence-corrected chi connectivity index (χ4v) is 4.79. The Hall–Kier alpha value is -3.48. The Morgan fingerprint density at radius 1 is 1.06 bits per heavy atom. The molecule has 0 N–H and O–H groups in total. The molecule has 3 heterocycles. The molecule has 0 spiro atoms. The zero-order chi connectivity index (χ0) is 23.9. The summed E-state index contributed by atoms with van der Waals surface area (Å²) in [5, 5.41) is 4.37. The lowest BCUT2D eigenvalue weighted by Crippen LogP contribution is -2.48. The summed E-state index contributed by atoms with van der Waals surface area (Å²) >= 11 is 0. The lowest BCUT2D eigenvalue weighted by molar-refractivity contribution is -0.133. The van der Waals surface area contributed by atoms with Crippen LogP contribution in [0.3, 0.4) is 0 Å². The van der Waals surface area contributed by atoms with Crippen molar-refractivity contribution in [2.24, 2.45) is 5.92 Å². The number of amides is 2. The molecule has 4 rings (SSSR count). The van der Waals surface area contributed by atoms with Gasteiger partial charge in [0, 0.05) is 51.5 Å². The molecular formula is C27H33N5O2. The van der Waals surface area contributed by atoms with Crippen molar-refractivity contribution in [1.29, 1.82) is 0 Å². The number of hydrogen-bond donors (Lipinski definition) is 0. The molecule has 1 atom stereocenters. The average molecular weight is 460 g/mol. The molecule has 2 amide bonds. The predicted octanol–water partition coefficient (Wildman–Crippen LogP) is 3.60. The minimum atomic E-state index is -0.0606. The van der Waals surface area contributed by atoms with Gasteiger partial charge in [-0.1, -0.05) is 36.4 Å². The van der Waals surface area contributed by atoms with Gasteiger partial charge < -0.3 is 9.80 Å². The van der Waals surface area contributed by atoms with Crippen LogP contribution in [0.4, 0.5) is 0 Å². The second-order valence-electron chi connectivity index (χ2n) is 9.08. The second kappa shape index (κ2) is 11.1. The van der Waals surface area contributed by atoms with Gasteiger partial charge in [0.1, 0.15) is 5.69 Å². The van der Waals surface area contributed by atoms with Crippen molar-refractivity contribution in [3.8, 4) is 0 Å². The van der Waals surface area contributed by atoms with E-state index in [0.29, 0.717) is 24.6 Å². The first-order valence-electron chi connectivity index (χ1n) is 12.0. The number of likely N-dealkylation sites (tertiary alicyclic amines) is 1. The number of aromatic nitrogens is 3. The Morgan fingerprint density at radius 2 is 1.79 bits per heavy atom. The van der Waals surface area contributed by atoms with Gasteiger partial charge in [0.15, 0.2) is 0 Å². The van der Waals surface area contributed by atoms with Crippen LogP contribution in [0.25, 0.3) is 0 Å². The maximum absolute atomic E-state index is 13.2. The molecule has 1 fully saturated rings. The number of benzene rings is 1. The van der Waals surface area contributed by atoms with E-state index < -0.39 is 0 Å². The minimum Gasteiger partial charge on any atom is -0.343 e. The maximum Gasteiger partial charge on any atom is 0.272 e. The van der Waals surface area contributed by atoms with Crippen molar-refractivity contribution < 1.29 is 9.59 Å². The molecule has 0 aliphatic carbocycles. The van der Waals surface area contributed by atoms with Crippen LogP contribution >= 0.6 is 0 Å². The molecule has 3 aromatic rings. The molecule has 34 heavy (non-hydrogen) atoms. The van der Waals surface area contributed by atoms with Crippen LogP contribution in [0.15, 0.2) is 67.0 Å². The summed E-state index contributed by atoms with van der Waals surface area (Å²) in [5.74, 6) is 0.425. The summed E-state index contributed by atoms with van der Waals surface area (Å²) in [6.07, 6.45) is 6.57. The van der Waals surface area contributed by atoms with Crippen molar-refractivity contribution in [1.82, 2.24) is 24.6 Å². The molecule has 0 saturated carbocycles. The van der Waals surface area contributed by atoms with Crippen molar-refractivity contribution in [3.63, 3.8) is 0 Å². The van der Waals surface area contributed by atoms with Gasteiger partial charge in [-0.25, -0.2) is 0 Å². The smallest absolute Gasteiger partial charge is 0.272 e. The molecular weight excluding hydrogens is 426 g/mol.